The van der Waals surface area contributed by atoms with Crippen molar-refractivity contribution in [2.24, 2.45) is 4.99 Å². The molecule has 2 aromatic carbocycles. The molecule has 0 aromatic heterocycles. The van der Waals surface area contributed by atoms with Crippen molar-refractivity contribution in [3.8, 4) is 5.75 Å². The maximum absolute atomic E-state index is 13.6. The first kappa shape index (κ1) is 17.9. The number of phenolic OH excluding ortho intramolecular Hbond substituents is 1. The summed E-state index contributed by atoms with van der Waals surface area (Å²) in [5.41, 5.74) is 0.130. The van der Waals surface area contributed by atoms with E-state index in [9.17, 15) is 27.1 Å². The zero-order valence-corrected chi connectivity index (χ0v) is 13.1. The lowest BCUT2D eigenvalue weighted by Crippen LogP contribution is -2.01. The molecule has 7 heteroatoms. The molecule has 0 spiro atoms. The highest BCUT2D eigenvalue weighted by Gasteiger charge is 2.25. The Labute approximate surface area is 135 Å². The van der Waals surface area contributed by atoms with Crippen molar-refractivity contribution in [1.29, 1.82) is 0 Å². The average molecular weight is 343 g/mol. The summed E-state index contributed by atoms with van der Waals surface area (Å²) in [7, 11) is 0. The third-order valence-electron chi connectivity index (χ3n) is 3.45. The van der Waals surface area contributed by atoms with Gasteiger partial charge in [-0.05, 0) is 30.0 Å². The first-order valence-corrected chi connectivity index (χ1v) is 7.04. The average Bonchev–Trinajstić information content (AvgIpc) is 2.53. The molecule has 0 heterocycles. The number of benzene rings is 2. The summed E-state index contributed by atoms with van der Waals surface area (Å²) in [6.45, 7) is 5.40. The SMILES string of the molecule is Cc1cc(C=Nc2c(F)c(F)c(F)c(F)c2F)c(O)c(C(C)C)c1. The van der Waals surface area contributed by atoms with E-state index in [4.69, 9.17) is 0 Å². The molecule has 0 aliphatic rings. The number of hydrogen-bond acceptors (Lipinski definition) is 2. The maximum Gasteiger partial charge on any atom is 0.200 e. The molecule has 0 fully saturated rings. The molecule has 0 amide bonds. The fraction of sp³-hybridized carbons (Fsp3) is 0.235. The third-order valence-corrected chi connectivity index (χ3v) is 3.45. The van der Waals surface area contributed by atoms with Gasteiger partial charge in [-0.15, -0.1) is 0 Å². The highest BCUT2D eigenvalue weighted by Crippen LogP contribution is 2.32. The summed E-state index contributed by atoms with van der Waals surface area (Å²) in [5, 5.41) is 10.2. The minimum atomic E-state index is -2.25. The van der Waals surface area contributed by atoms with E-state index >= 15 is 0 Å². The van der Waals surface area contributed by atoms with Crippen molar-refractivity contribution in [3.63, 3.8) is 0 Å². The number of nitrogens with zero attached hydrogens (tertiary/aromatic N) is 1. The number of halogens is 5. The number of hydrogen-bond donors (Lipinski definition) is 1. The van der Waals surface area contributed by atoms with Gasteiger partial charge in [0.1, 0.15) is 11.4 Å². The Hall–Kier alpha value is -2.44. The lowest BCUT2D eigenvalue weighted by Gasteiger charge is -2.12. The summed E-state index contributed by atoms with van der Waals surface area (Å²) < 4.78 is 66.5. The molecule has 0 saturated carbocycles. The van der Waals surface area contributed by atoms with Crippen LogP contribution in [0.25, 0.3) is 0 Å². The molecule has 0 bridgehead atoms. The van der Waals surface area contributed by atoms with E-state index in [1.165, 1.54) is 6.07 Å². The van der Waals surface area contributed by atoms with Crippen LogP contribution in [0.15, 0.2) is 17.1 Å². The highest BCUT2D eigenvalue weighted by molar-refractivity contribution is 5.86. The van der Waals surface area contributed by atoms with Crippen LogP contribution in [0, 0.1) is 36.0 Å². The molecule has 0 unspecified atom stereocenters. The van der Waals surface area contributed by atoms with Gasteiger partial charge in [0.25, 0.3) is 0 Å². The summed E-state index contributed by atoms with van der Waals surface area (Å²) in [6.07, 6.45) is 0.868. The largest absolute Gasteiger partial charge is 0.507 e. The fourth-order valence-corrected chi connectivity index (χ4v) is 2.21. The third kappa shape index (κ3) is 3.11. The summed E-state index contributed by atoms with van der Waals surface area (Å²) in [6, 6.07) is 3.21. The van der Waals surface area contributed by atoms with E-state index in [2.05, 4.69) is 4.99 Å². The van der Waals surface area contributed by atoms with E-state index in [-0.39, 0.29) is 17.2 Å². The van der Waals surface area contributed by atoms with Crippen LogP contribution in [0.3, 0.4) is 0 Å². The van der Waals surface area contributed by atoms with Gasteiger partial charge in [-0.1, -0.05) is 19.9 Å². The van der Waals surface area contributed by atoms with Crippen LogP contribution >= 0.6 is 0 Å². The Kier molecular flexibility index (Phi) is 4.91. The Morgan fingerprint density at radius 2 is 1.42 bits per heavy atom. The van der Waals surface area contributed by atoms with E-state index in [0.29, 0.717) is 5.56 Å². The summed E-state index contributed by atoms with van der Waals surface area (Å²) in [5.74, 6) is -10.6. The predicted molar refractivity (Wildman–Crippen MR) is 80.4 cm³/mol. The lowest BCUT2D eigenvalue weighted by atomic mass is 9.97. The number of rotatable bonds is 3. The second-order valence-corrected chi connectivity index (χ2v) is 5.62. The normalized spacial score (nSPS) is 11.7. The van der Waals surface area contributed by atoms with Crippen molar-refractivity contribution in [1.82, 2.24) is 0 Å². The van der Waals surface area contributed by atoms with Crippen LogP contribution in [0.1, 0.15) is 36.5 Å². The van der Waals surface area contributed by atoms with Crippen molar-refractivity contribution >= 4 is 11.9 Å². The van der Waals surface area contributed by atoms with Crippen LogP contribution in [0.5, 0.6) is 5.75 Å². The topological polar surface area (TPSA) is 32.6 Å². The first-order chi connectivity index (χ1) is 11.1. The van der Waals surface area contributed by atoms with Crippen LogP contribution < -0.4 is 0 Å². The zero-order valence-electron chi connectivity index (χ0n) is 13.1. The minimum Gasteiger partial charge on any atom is -0.507 e. The second kappa shape index (κ2) is 6.59. The molecule has 0 aliphatic carbocycles. The number of aliphatic imine (C=N–C) groups is 1. The number of phenols is 1. The molecule has 0 atom stereocenters. The number of aryl methyl sites for hydroxylation is 1. The quantitative estimate of drug-likeness (QED) is 0.350. The van der Waals surface area contributed by atoms with Gasteiger partial charge < -0.3 is 5.11 Å². The smallest absolute Gasteiger partial charge is 0.200 e. The van der Waals surface area contributed by atoms with Gasteiger partial charge in [0, 0.05) is 11.8 Å². The standard InChI is InChI=1S/C17H14F5NO/c1-7(2)10-5-8(3)4-9(17(10)24)6-23-16-14(21)12(19)11(18)13(20)15(16)22/h4-7,24H,1-3H3. The fourth-order valence-electron chi connectivity index (χ4n) is 2.21. The second-order valence-electron chi connectivity index (χ2n) is 5.62. The summed E-state index contributed by atoms with van der Waals surface area (Å²) in [4.78, 5) is 3.36. The van der Waals surface area contributed by atoms with Crippen molar-refractivity contribution in [2.45, 2.75) is 26.7 Å². The van der Waals surface area contributed by atoms with Crippen LogP contribution in [-0.4, -0.2) is 11.3 Å². The molecule has 0 aliphatic heterocycles. The van der Waals surface area contributed by atoms with E-state index in [1.54, 1.807) is 13.0 Å². The van der Waals surface area contributed by atoms with Gasteiger partial charge in [0.2, 0.25) is 5.82 Å². The molecular weight excluding hydrogens is 329 g/mol. The van der Waals surface area contributed by atoms with E-state index < -0.39 is 34.8 Å². The molecule has 0 radical (unpaired) electrons. The molecule has 1 N–H and O–H groups in total. The molecule has 2 aromatic rings. The van der Waals surface area contributed by atoms with E-state index in [0.717, 1.165) is 11.8 Å². The van der Waals surface area contributed by atoms with Crippen molar-refractivity contribution < 1.29 is 27.1 Å². The Balaban J connectivity index is 2.58. The van der Waals surface area contributed by atoms with Crippen LogP contribution in [-0.2, 0) is 0 Å². The monoisotopic (exact) mass is 343 g/mol. The maximum atomic E-state index is 13.6. The summed E-state index contributed by atoms with van der Waals surface area (Å²) >= 11 is 0. The van der Waals surface area contributed by atoms with Crippen molar-refractivity contribution in [3.05, 3.63) is 57.9 Å². The zero-order chi connectivity index (χ0) is 18.2. The Morgan fingerprint density at radius 1 is 0.917 bits per heavy atom. The Bertz CT molecular complexity index is 801. The van der Waals surface area contributed by atoms with Gasteiger partial charge in [0.05, 0.1) is 0 Å². The molecule has 0 saturated heterocycles. The Morgan fingerprint density at radius 3 is 1.92 bits per heavy atom. The van der Waals surface area contributed by atoms with E-state index in [1.807, 2.05) is 13.8 Å². The van der Waals surface area contributed by atoms with Crippen molar-refractivity contribution in [2.75, 3.05) is 0 Å². The van der Waals surface area contributed by atoms with Gasteiger partial charge >= 0.3 is 0 Å². The van der Waals surface area contributed by atoms with Crippen LogP contribution in [0.2, 0.25) is 0 Å². The first-order valence-electron chi connectivity index (χ1n) is 7.04. The van der Waals surface area contributed by atoms with Gasteiger partial charge in [0.15, 0.2) is 23.3 Å². The van der Waals surface area contributed by atoms with Gasteiger partial charge in [-0.2, -0.15) is 0 Å². The number of aromatic hydroxyl groups is 1. The molecule has 2 nitrogen and oxygen atoms in total. The van der Waals surface area contributed by atoms with Gasteiger partial charge in [-0.25, -0.2) is 26.9 Å². The minimum absolute atomic E-state index is 0.0359. The lowest BCUT2D eigenvalue weighted by molar-refractivity contribution is 0.381. The molecule has 2 rings (SSSR count). The molecule has 24 heavy (non-hydrogen) atoms. The highest BCUT2D eigenvalue weighted by atomic mass is 19.2. The molecular formula is C17H14F5NO. The van der Waals surface area contributed by atoms with Crippen LogP contribution in [0.4, 0.5) is 27.6 Å². The van der Waals surface area contributed by atoms with Gasteiger partial charge in [-0.3, -0.25) is 0 Å². The molecule has 128 valence electrons. The predicted octanol–water partition coefficient (Wildman–Crippen LogP) is 5.27.